The molecule has 5 nitrogen and oxygen atoms in total. The van der Waals surface area contributed by atoms with Gasteiger partial charge in [-0.15, -0.1) is 12.4 Å². The predicted octanol–water partition coefficient (Wildman–Crippen LogP) is 1.34. The predicted molar refractivity (Wildman–Crippen MR) is 84.0 cm³/mol. The van der Waals surface area contributed by atoms with Crippen molar-refractivity contribution >= 4 is 24.2 Å². The first-order valence-electron chi connectivity index (χ1n) is 6.97. The highest BCUT2D eigenvalue weighted by Crippen LogP contribution is 2.26. The normalized spacial score (nSPS) is 20.6. The van der Waals surface area contributed by atoms with E-state index in [1.165, 1.54) is 0 Å². The number of nitrogens with two attached hydrogens (primary N) is 2. The van der Waals surface area contributed by atoms with Crippen LogP contribution in [0.3, 0.4) is 0 Å². The van der Waals surface area contributed by atoms with E-state index in [0.29, 0.717) is 24.4 Å². The molecule has 2 amide bonds. The van der Waals surface area contributed by atoms with Gasteiger partial charge in [0.05, 0.1) is 0 Å². The Kier molecular flexibility index (Phi) is 6.65. The van der Waals surface area contributed by atoms with Gasteiger partial charge < -0.3 is 16.8 Å². The molecule has 1 fully saturated rings. The molecule has 21 heavy (non-hydrogen) atoms. The molecule has 0 radical (unpaired) electrons. The number of amides is 2. The van der Waals surface area contributed by atoms with Gasteiger partial charge in [0.1, 0.15) is 0 Å². The van der Waals surface area contributed by atoms with Crippen molar-refractivity contribution in [3.05, 3.63) is 35.4 Å². The standard InChI is InChI=1S/C15H21N3O2.ClH/c16-13-3-1-2-12(13)8-14(19)18-9-10-4-6-11(7-5-10)15(17)20;/h4-7,12-13H,1-3,8-9,16H2,(H2,17,20)(H,18,19);1H/t12-,13+;/m0./s1. The molecule has 0 unspecified atom stereocenters. The van der Waals surface area contributed by atoms with Gasteiger partial charge in [0, 0.05) is 24.6 Å². The van der Waals surface area contributed by atoms with E-state index >= 15 is 0 Å². The fraction of sp³-hybridized carbons (Fsp3) is 0.467. The van der Waals surface area contributed by atoms with Gasteiger partial charge in [0.15, 0.2) is 0 Å². The number of benzene rings is 1. The van der Waals surface area contributed by atoms with Gasteiger partial charge >= 0.3 is 0 Å². The molecule has 0 aromatic heterocycles. The Hall–Kier alpha value is -1.59. The number of hydrogen-bond acceptors (Lipinski definition) is 3. The number of carbonyl (C=O) groups is 2. The molecule has 1 aliphatic carbocycles. The van der Waals surface area contributed by atoms with Crippen molar-refractivity contribution in [1.82, 2.24) is 5.32 Å². The van der Waals surface area contributed by atoms with Crippen LogP contribution in [0.2, 0.25) is 0 Å². The van der Waals surface area contributed by atoms with Gasteiger partial charge in [-0.2, -0.15) is 0 Å². The van der Waals surface area contributed by atoms with E-state index in [4.69, 9.17) is 11.5 Å². The highest BCUT2D eigenvalue weighted by atomic mass is 35.5. The lowest BCUT2D eigenvalue weighted by atomic mass is 10.00. The number of rotatable bonds is 5. The smallest absolute Gasteiger partial charge is 0.248 e. The van der Waals surface area contributed by atoms with Gasteiger partial charge in [-0.1, -0.05) is 18.6 Å². The van der Waals surface area contributed by atoms with E-state index in [2.05, 4.69) is 5.32 Å². The summed E-state index contributed by atoms with van der Waals surface area (Å²) < 4.78 is 0. The zero-order chi connectivity index (χ0) is 14.5. The first kappa shape index (κ1) is 17.5. The van der Waals surface area contributed by atoms with Gasteiger partial charge in [0.2, 0.25) is 11.8 Å². The van der Waals surface area contributed by atoms with Crippen LogP contribution in [-0.2, 0) is 11.3 Å². The summed E-state index contributed by atoms with van der Waals surface area (Å²) in [5.74, 6) is -0.102. The monoisotopic (exact) mass is 311 g/mol. The number of primary amides is 1. The summed E-state index contributed by atoms with van der Waals surface area (Å²) in [6, 6.07) is 7.08. The Morgan fingerprint density at radius 1 is 1.19 bits per heavy atom. The Morgan fingerprint density at radius 3 is 2.38 bits per heavy atom. The molecule has 5 N–H and O–H groups in total. The second-order valence-corrected chi connectivity index (χ2v) is 5.40. The molecule has 1 aromatic carbocycles. The Labute approximate surface area is 130 Å². The highest BCUT2D eigenvalue weighted by molar-refractivity contribution is 5.92. The third-order valence-electron chi connectivity index (χ3n) is 3.89. The van der Waals surface area contributed by atoms with Crippen LogP contribution in [0.25, 0.3) is 0 Å². The van der Waals surface area contributed by atoms with Gasteiger partial charge in [-0.05, 0) is 36.5 Å². The average molecular weight is 312 g/mol. The molecule has 1 aromatic rings. The minimum atomic E-state index is -0.448. The van der Waals surface area contributed by atoms with Crippen molar-refractivity contribution < 1.29 is 9.59 Å². The Morgan fingerprint density at radius 2 is 1.86 bits per heavy atom. The summed E-state index contributed by atoms with van der Waals surface area (Å²) in [4.78, 5) is 22.8. The van der Waals surface area contributed by atoms with Crippen LogP contribution in [0.1, 0.15) is 41.6 Å². The first-order valence-corrected chi connectivity index (χ1v) is 6.97. The highest BCUT2D eigenvalue weighted by Gasteiger charge is 2.25. The SMILES string of the molecule is Cl.NC(=O)c1ccc(CNC(=O)C[C@@H]2CCC[C@H]2N)cc1. The second-order valence-electron chi connectivity index (χ2n) is 5.40. The molecule has 0 spiro atoms. The minimum absolute atomic E-state index is 0. The molecule has 116 valence electrons. The maximum Gasteiger partial charge on any atom is 0.248 e. The lowest BCUT2D eigenvalue weighted by Gasteiger charge is -2.14. The zero-order valence-corrected chi connectivity index (χ0v) is 12.7. The first-order chi connectivity index (χ1) is 9.56. The molecule has 0 heterocycles. The van der Waals surface area contributed by atoms with Crippen LogP contribution in [0.4, 0.5) is 0 Å². The lowest BCUT2D eigenvalue weighted by Crippen LogP contribution is -2.31. The summed E-state index contributed by atoms with van der Waals surface area (Å²) in [5, 5.41) is 2.88. The molecule has 0 bridgehead atoms. The lowest BCUT2D eigenvalue weighted by molar-refractivity contribution is -0.122. The van der Waals surface area contributed by atoms with E-state index in [1.807, 2.05) is 0 Å². The molecule has 1 aliphatic rings. The summed E-state index contributed by atoms with van der Waals surface area (Å²) in [5.41, 5.74) is 12.5. The van der Waals surface area contributed by atoms with Gasteiger partial charge in [0.25, 0.3) is 0 Å². The summed E-state index contributed by atoms with van der Waals surface area (Å²) in [6.45, 7) is 0.458. The van der Waals surface area contributed by atoms with E-state index < -0.39 is 5.91 Å². The minimum Gasteiger partial charge on any atom is -0.366 e. The van der Waals surface area contributed by atoms with Crippen LogP contribution in [0.5, 0.6) is 0 Å². The van der Waals surface area contributed by atoms with Crippen molar-refractivity contribution in [3.63, 3.8) is 0 Å². The van der Waals surface area contributed by atoms with Crippen molar-refractivity contribution in [2.75, 3.05) is 0 Å². The number of carbonyl (C=O) groups excluding carboxylic acids is 2. The number of nitrogens with one attached hydrogen (secondary N) is 1. The summed E-state index contributed by atoms with van der Waals surface area (Å²) in [7, 11) is 0. The Balaban J connectivity index is 0.00000220. The molecule has 2 rings (SSSR count). The van der Waals surface area contributed by atoms with Crippen LogP contribution >= 0.6 is 12.4 Å². The van der Waals surface area contributed by atoms with Crippen LogP contribution in [-0.4, -0.2) is 17.9 Å². The quantitative estimate of drug-likeness (QED) is 0.765. The fourth-order valence-corrected chi connectivity index (χ4v) is 2.62. The third kappa shape index (κ3) is 5.02. The zero-order valence-electron chi connectivity index (χ0n) is 11.9. The van der Waals surface area contributed by atoms with Crippen LogP contribution < -0.4 is 16.8 Å². The van der Waals surface area contributed by atoms with Gasteiger partial charge in [-0.3, -0.25) is 9.59 Å². The molecular weight excluding hydrogens is 290 g/mol. The van der Waals surface area contributed by atoms with Crippen molar-refractivity contribution in [2.45, 2.75) is 38.3 Å². The molecule has 1 saturated carbocycles. The third-order valence-corrected chi connectivity index (χ3v) is 3.89. The van der Waals surface area contributed by atoms with Crippen LogP contribution in [0.15, 0.2) is 24.3 Å². The van der Waals surface area contributed by atoms with Crippen molar-refractivity contribution in [3.8, 4) is 0 Å². The van der Waals surface area contributed by atoms with Crippen molar-refractivity contribution in [2.24, 2.45) is 17.4 Å². The maximum atomic E-state index is 11.9. The molecular formula is C15H22ClN3O2. The molecule has 0 saturated heterocycles. The fourth-order valence-electron chi connectivity index (χ4n) is 2.62. The average Bonchev–Trinajstić information content (AvgIpc) is 2.82. The largest absolute Gasteiger partial charge is 0.366 e. The number of halogens is 1. The second kappa shape index (κ2) is 8.00. The van der Waals surface area contributed by atoms with E-state index in [0.717, 1.165) is 24.8 Å². The van der Waals surface area contributed by atoms with E-state index in [1.54, 1.807) is 24.3 Å². The van der Waals surface area contributed by atoms with E-state index in [9.17, 15) is 9.59 Å². The maximum absolute atomic E-state index is 11.9. The van der Waals surface area contributed by atoms with Crippen molar-refractivity contribution in [1.29, 1.82) is 0 Å². The molecule has 6 heteroatoms. The number of hydrogen-bond donors (Lipinski definition) is 3. The summed E-state index contributed by atoms with van der Waals surface area (Å²) >= 11 is 0. The topological polar surface area (TPSA) is 98.2 Å². The van der Waals surface area contributed by atoms with E-state index in [-0.39, 0.29) is 24.4 Å². The Bertz CT molecular complexity index is 490. The molecule has 2 atom stereocenters. The molecule has 0 aliphatic heterocycles. The van der Waals surface area contributed by atoms with Crippen LogP contribution in [0, 0.1) is 5.92 Å². The van der Waals surface area contributed by atoms with Gasteiger partial charge in [-0.25, -0.2) is 0 Å². The summed E-state index contributed by atoms with van der Waals surface area (Å²) in [6.07, 6.45) is 3.68.